The molecule has 0 atom stereocenters. The van der Waals surface area contributed by atoms with Gasteiger partial charge in [0.15, 0.2) is 0 Å². The van der Waals surface area contributed by atoms with Gasteiger partial charge in [0.1, 0.15) is 5.75 Å². The first kappa shape index (κ1) is 11.4. The van der Waals surface area contributed by atoms with Crippen LogP contribution in [0.3, 0.4) is 0 Å². The van der Waals surface area contributed by atoms with Crippen LogP contribution in [0.2, 0.25) is 0 Å². The summed E-state index contributed by atoms with van der Waals surface area (Å²) in [6.07, 6.45) is 2.91. The monoisotopic (exact) mass is 221 g/mol. The van der Waals surface area contributed by atoms with E-state index in [2.05, 4.69) is 5.32 Å². The Morgan fingerprint density at radius 1 is 1.12 bits per heavy atom. The second-order valence-electron chi connectivity index (χ2n) is 4.55. The number of phenols is 1. The van der Waals surface area contributed by atoms with E-state index >= 15 is 0 Å². The highest BCUT2D eigenvalue weighted by Gasteiger charge is 2.33. The minimum absolute atomic E-state index is 0.0910. The molecule has 1 aromatic carbocycles. The van der Waals surface area contributed by atoms with E-state index < -0.39 is 0 Å². The first-order valence-corrected chi connectivity index (χ1v) is 5.88. The minimum Gasteiger partial charge on any atom is -0.508 e. The molecule has 1 heterocycles. The Bertz CT molecular complexity index is 323. The molecule has 0 saturated carbocycles. The fourth-order valence-corrected chi connectivity index (χ4v) is 2.62. The van der Waals surface area contributed by atoms with Crippen molar-refractivity contribution in [2.24, 2.45) is 0 Å². The lowest BCUT2D eigenvalue weighted by atomic mass is 9.71. The third kappa shape index (κ3) is 2.20. The number of rotatable bonds is 3. The van der Waals surface area contributed by atoms with E-state index in [1.807, 2.05) is 12.1 Å². The molecular weight excluding hydrogens is 202 g/mol. The third-order valence-corrected chi connectivity index (χ3v) is 3.63. The average molecular weight is 221 g/mol. The molecule has 0 spiro atoms. The fraction of sp³-hybridized carbons (Fsp3) is 0.538. The number of hydrogen-bond acceptors (Lipinski definition) is 3. The summed E-state index contributed by atoms with van der Waals surface area (Å²) in [7, 11) is 0. The molecule has 0 bridgehead atoms. The second-order valence-corrected chi connectivity index (χ2v) is 4.55. The molecule has 0 aliphatic carbocycles. The second kappa shape index (κ2) is 4.85. The number of piperidine rings is 1. The van der Waals surface area contributed by atoms with Crippen molar-refractivity contribution in [3.05, 3.63) is 29.8 Å². The third-order valence-electron chi connectivity index (χ3n) is 3.63. The van der Waals surface area contributed by atoms with E-state index in [0.717, 1.165) is 32.4 Å². The van der Waals surface area contributed by atoms with Gasteiger partial charge in [-0.15, -0.1) is 0 Å². The number of benzene rings is 1. The number of aliphatic hydroxyl groups excluding tert-OH is 1. The summed E-state index contributed by atoms with van der Waals surface area (Å²) < 4.78 is 0. The van der Waals surface area contributed by atoms with Crippen LogP contribution in [0.1, 0.15) is 24.8 Å². The molecule has 0 aromatic heterocycles. The maximum absolute atomic E-state index is 9.31. The van der Waals surface area contributed by atoms with E-state index in [1.54, 1.807) is 12.1 Å². The number of aromatic hydroxyl groups is 1. The van der Waals surface area contributed by atoms with Crippen molar-refractivity contribution in [2.75, 3.05) is 19.7 Å². The normalized spacial score (nSPS) is 19.6. The highest BCUT2D eigenvalue weighted by Crippen LogP contribution is 2.37. The highest BCUT2D eigenvalue weighted by atomic mass is 16.3. The van der Waals surface area contributed by atoms with Crippen LogP contribution in [0.5, 0.6) is 5.75 Å². The van der Waals surface area contributed by atoms with Crippen LogP contribution >= 0.6 is 0 Å². The maximum atomic E-state index is 9.31. The van der Waals surface area contributed by atoms with E-state index in [1.165, 1.54) is 5.56 Å². The highest BCUT2D eigenvalue weighted by molar-refractivity contribution is 5.32. The summed E-state index contributed by atoms with van der Waals surface area (Å²) in [4.78, 5) is 0. The van der Waals surface area contributed by atoms with Gasteiger partial charge in [0.25, 0.3) is 0 Å². The van der Waals surface area contributed by atoms with Crippen LogP contribution in [0.4, 0.5) is 0 Å². The standard InChI is InChI=1S/C13H19NO2/c15-10-7-13(5-8-14-9-6-13)11-1-3-12(16)4-2-11/h1-4,14-16H,5-10H2. The Morgan fingerprint density at radius 2 is 1.75 bits per heavy atom. The van der Waals surface area contributed by atoms with E-state index in [-0.39, 0.29) is 12.0 Å². The molecule has 88 valence electrons. The molecule has 1 aliphatic heterocycles. The maximum Gasteiger partial charge on any atom is 0.115 e. The van der Waals surface area contributed by atoms with Crippen molar-refractivity contribution >= 4 is 0 Å². The SMILES string of the molecule is OCCC1(c2ccc(O)cc2)CCNCC1. The summed E-state index contributed by atoms with van der Waals surface area (Å²) in [5.41, 5.74) is 1.33. The van der Waals surface area contributed by atoms with Crippen LogP contribution in [0.15, 0.2) is 24.3 Å². The van der Waals surface area contributed by atoms with Crippen LogP contribution < -0.4 is 5.32 Å². The zero-order chi connectivity index (χ0) is 11.4. The molecule has 0 radical (unpaired) electrons. The van der Waals surface area contributed by atoms with Crippen molar-refractivity contribution in [2.45, 2.75) is 24.7 Å². The number of nitrogens with one attached hydrogen (secondary N) is 1. The van der Waals surface area contributed by atoms with Gasteiger partial charge in [-0.3, -0.25) is 0 Å². The van der Waals surface area contributed by atoms with Crippen LogP contribution in [-0.4, -0.2) is 29.9 Å². The Balaban J connectivity index is 2.26. The summed E-state index contributed by atoms with van der Waals surface area (Å²) in [6, 6.07) is 7.43. The van der Waals surface area contributed by atoms with Gasteiger partial charge in [0.2, 0.25) is 0 Å². The molecule has 3 nitrogen and oxygen atoms in total. The summed E-state index contributed by atoms with van der Waals surface area (Å²) in [5, 5.41) is 21.9. The van der Waals surface area contributed by atoms with Gasteiger partial charge in [-0.1, -0.05) is 12.1 Å². The molecule has 16 heavy (non-hydrogen) atoms. The van der Waals surface area contributed by atoms with E-state index in [0.29, 0.717) is 5.75 Å². The van der Waals surface area contributed by atoms with Crippen LogP contribution in [0, 0.1) is 0 Å². The predicted molar refractivity (Wildman–Crippen MR) is 63.6 cm³/mol. The van der Waals surface area contributed by atoms with Crippen LogP contribution in [-0.2, 0) is 5.41 Å². The molecule has 3 N–H and O–H groups in total. The minimum atomic E-state index is 0.0910. The first-order chi connectivity index (χ1) is 7.77. The lowest BCUT2D eigenvalue weighted by Gasteiger charge is -2.38. The fourth-order valence-electron chi connectivity index (χ4n) is 2.62. The van der Waals surface area contributed by atoms with Crippen molar-refractivity contribution in [3.63, 3.8) is 0 Å². The van der Waals surface area contributed by atoms with Crippen molar-refractivity contribution < 1.29 is 10.2 Å². The number of aliphatic hydroxyl groups is 1. The van der Waals surface area contributed by atoms with Crippen molar-refractivity contribution in [1.82, 2.24) is 5.32 Å². The Morgan fingerprint density at radius 3 is 2.31 bits per heavy atom. The topological polar surface area (TPSA) is 52.5 Å². The van der Waals surface area contributed by atoms with Gasteiger partial charge < -0.3 is 15.5 Å². The van der Waals surface area contributed by atoms with E-state index in [4.69, 9.17) is 0 Å². The summed E-state index contributed by atoms with van der Waals surface area (Å²) in [6.45, 7) is 2.22. The lowest BCUT2D eigenvalue weighted by Crippen LogP contribution is -2.40. The Kier molecular flexibility index (Phi) is 3.46. The zero-order valence-electron chi connectivity index (χ0n) is 9.45. The number of hydrogen-bond donors (Lipinski definition) is 3. The predicted octanol–water partition coefficient (Wildman–Crippen LogP) is 1.40. The Hall–Kier alpha value is -1.06. The van der Waals surface area contributed by atoms with Gasteiger partial charge >= 0.3 is 0 Å². The number of phenolic OH excluding ortho intramolecular Hbond substituents is 1. The molecule has 1 saturated heterocycles. The van der Waals surface area contributed by atoms with Crippen LogP contribution in [0.25, 0.3) is 0 Å². The van der Waals surface area contributed by atoms with Crippen molar-refractivity contribution in [3.8, 4) is 5.75 Å². The molecule has 0 amide bonds. The first-order valence-electron chi connectivity index (χ1n) is 5.88. The van der Waals surface area contributed by atoms with Gasteiger partial charge in [-0.05, 0) is 55.5 Å². The van der Waals surface area contributed by atoms with Gasteiger partial charge in [-0.25, -0.2) is 0 Å². The van der Waals surface area contributed by atoms with E-state index in [9.17, 15) is 10.2 Å². The van der Waals surface area contributed by atoms with Gasteiger partial charge in [-0.2, -0.15) is 0 Å². The average Bonchev–Trinajstić information content (AvgIpc) is 2.31. The molecular formula is C13H19NO2. The molecule has 3 heteroatoms. The quantitative estimate of drug-likeness (QED) is 0.723. The molecule has 1 fully saturated rings. The smallest absolute Gasteiger partial charge is 0.115 e. The molecule has 1 aliphatic rings. The van der Waals surface area contributed by atoms with Gasteiger partial charge in [0.05, 0.1) is 0 Å². The zero-order valence-corrected chi connectivity index (χ0v) is 9.45. The molecule has 2 rings (SSSR count). The molecule has 0 unspecified atom stereocenters. The van der Waals surface area contributed by atoms with Crippen molar-refractivity contribution in [1.29, 1.82) is 0 Å². The summed E-state index contributed by atoms with van der Waals surface area (Å²) in [5.74, 6) is 0.303. The Labute approximate surface area is 96.1 Å². The summed E-state index contributed by atoms with van der Waals surface area (Å²) >= 11 is 0. The van der Waals surface area contributed by atoms with Gasteiger partial charge in [0, 0.05) is 6.61 Å². The lowest BCUT2D eigenvalue weighted by molar-refractivity contribution is 0.204. The largest absolute Gasteiger partial charge is 0.508 e. The molecule has 1 aromatic rings.